The van der Waals surface area contributed by atoms with Gasteiger partial charge in [0.1, 0.15) is 0 Å². The van der Waals surface area contributed by atoms with Crippen LogP contribution in [0.5, 0.6) is 0 Å². The lowest BCUT2D eigenvalue weighted by molar-refractivity contribution is 0.378. The maximum Gasteiger partial charge on any atom is 0.0568 e. The van der Waals surface area contributed by atoms with Gasteiger partial charge in [0.15, 0.2) is 0 Å². The van der Waals surface area contributed by atoms with Crippen LogP contribution in [0.3, 0.4) is 0 Å². The SMILES string of the molecule is CN(C)C([Si])c1ccccn1. The first-order valence-corrected chi connectivity index (χ1v) is 4.08. The van der Waals surface area contributed by atoms with Gasteiger partial charge in [-0.2, -0.15) is 0 Å². The smallest absolute Gasteiger partial charge is 0.0568 e. The van der Waals surface area contributed by atoms with Crippen molar-refractivity contribution in [3.05, 3.63) is 30.1 Å². The lowest BCUT2D eigenvalue weighted by Crippen LogP contribution is -2.20. The van der Waals surface area contributed by atoms with Crippen LogP contribution in [0.25, 0.3) is 0 Å². The summed E-state index contributed by atoms with van der Waals surface area (Å²) in [7, 11) is 7.58. The van der Waals surface area contributed by atoms with E-state index in [-0.39, 0.29) is 5.67 Å². The highest BCUT2D eigenvalue weighted by molar-refractivity contribution is 6.11. The Kier molecular flexibility index (Phi) is 2.79. The van der Waals surface area contributed by atoms with Gasteiger partial charge < -0.3 is 4.90 Å². The van der Waals surface area contributed by atoms with Crippen molar-refractivity contribution < 1.29 is 0 Å². The fraction of sp³-hybridized carbons (Fsp3) is 0.375. The van der Waals surface area contributed by atoms with Gasteiger partial charge in [0.2, 0.25) is 0 Å². The molecule has 0 amide bonds. The number of pyridine rings is 1. The molecule has 0 aliphatic heterocycles. The molecule has 0 aliphatic rings. The van der Waals surface area contributed by atoms with Gasteiger partial charge in [-0.1, -0.05) is 6.07 Å². The largest absolute Gasteiger partial charge is 0.304 e. The molecule has 0 N–H and O–H groups in total. The van der Waals surface area contributed by atoms with Crippen LogP contribution in [0.2, 0.25) is 0 Å². The molecule has 1 aromatic heterocycles. The normalized spacial score (nSPS) is 13.5. The summed E-state index contributed by atoms with van der Waals surface area (Å²) in [5.41, 5.74) is 1.24. The molecule has 11 heavy (non-hydrogen) atoms. The molecule has 0 saturated carbocycles. The van der Waals surface area contributed by atoms with E-state index in [0.717, 1.165) is 5.69 Å². The second-order valence-corrected chi connectivity index (χ2v) is 3.17. The lowest BCUT2D eigenvalue weighted by atomic mass is 10.3. The van der Waals surface area contributed by atoms with Crippen molar-refractivity contribution in [3.8, 4) is 0 Å². The number of aromatic nitrogens is 1. The van der Waals surface area contributed by atoms with E-state index in [9.17, 15) is 0 Å². The Labute approximate surface area is 70.7 Å². The molecule has 0 bridgehead atoms. The lowest BCUT2D eigenvalue weighted by Gasteiger charge is -2.18. The monoisotopic (exact) mass is 163 g/mol. The fourth-order valence-corrected chi connectivity index (χ4v) is 0.973. The maximum atomic E-state index is 4.21. The highest BCUT2D eigenvalue weighted by atomic mass is 28.1. The molecule has 2 nitrogen and oxygen atoms in total. The summed E-state index contributed by atoms with van der Waals surface area (Å²) in [6.07, 6.45) is 1.80. The molecular formula is C8H11N2Si. The molecule has 0 aromatic carbocycles. The molecule has 0 saturated heterocycles. The highest BCUT2D eigenvalue weighted by Gasteiger charge is 2.06. The van der Waals surface area contributed by atoms with E-state index < -0.39 is 0 Å². The Morgan fingerprint density at radius 2 is 2.18 bits per heavy atom. The molecule has 1 rings (SSSR count). The van der Waals surface area contributed by atoms with Crippen LogP contribution in [0.15, 0.2) is 24.4 Å². The van der Waals surface area contributed by atoms with E-state index in [2.05, 4.69) is 20.1 Å². The van der Waals surface area contributed by atoms with E-state index in [1.54, 1.807) is 6.20 Å². The first kappa shape index (κ1) is 8.42. The van der Waals surface area contributed by atoms with E-state index in [4.69, 9.17) is 0 Å². The highest BCUT2D eigenvalue weighted by Crippen LogP contribution is 2.09. The summed E-state index contributed by atoms with van der Waals surface area (Å²) < 4.78 is 0. The number of hydrogen-bond acceptors (Lipinski definition) is 2. The van der Waals surface area contributed by atoms with E-state index in [1.807, 2.05) is 32.3 Å². The minimum atomic E-state index is 0.205. The number of hydrogen-bond donors (Lipinski definition) is 0. The van der Waals surface area contributed by atoms with Crippen molar-refractivity contribution in [2.45, 2.75) is 5.67 Å². The Bertz CT molecular complexity index is 211. The van der Waals surface area contributed by atoms with E-state index >= 15 is 0 Å². The van der Waals surface area contributed by atoms with Gasteiger partial charge in [-0.15, -0.1) is 0 Å². The zero-order valence-electron chi connectivity index (χ0n) is 6.78. The molecule has 1 unspecified atom stereocenters. The molecule has 1 aromatic rings. The van der Waals surface area contributed by atoms with Crippen LogP contribution < -0.4 is 0 Å². The molecule has 3 radical (unpaired) electrons. The fourth-order valence-electron chi connectivity index (χ4n) is 0.802. The van der Waals surface area contributed by atoms with Crippen molar-refractivity contribution in [3.63, 3.8) is 0 Å². The summed E-state index contributed by atoms with van der Waals surface area (Å²) in [6, 6.07) is 5.90. The predicted molar refractivity (Wildman–Crippen MR) is 46.4 cm³/mol. The van der Waals surface area contributed by atoms with Gasteiger partial charge in [-0.3, -0.25) is 4.98 Å². The van der Waals surface area contributed by atoms with E-state index in [0.29, 0.717) is 0 Å². The minimum Gasteiger partial charge on any atom is -0.304 e. The maximum absolute atomic E-state index is 4.21. The molecule has 0 fully saturated rings. The standard InChI is InChI=1S/C8H11N2Si/c1-10(2)8(11)7-5-3-4-6-9-7/h3-6,8H,1-2H3. The zero-order valence-corrected chi connectivity index (χ0v) is 7.78. The zero-order chi connectivity index (χ0) is 8.27. The van der Waals surface area contributed by atoms with Crippen LogP contribution in [0, 0.1) is 0 Å². The van der Waals surface area contributed by atoms with Crippen LogP contribution in [-0.2, 0) is 0 Å². The summed E-state index contributed by atoms with van der Waals surface area (Å²) in [6.45, 7) is 0. The topological polar surface area (TPSA) is 16.1 Å². The van der Waals surface area contributed by atoms with Crippen molar-refractivity contribution in [2.24, 2.45) is 0 Å². The van der Waals surface area contributed by atoms with Gasteiger partial charge >= 0.3 is 0 Å². The Morgan fingerprint density at radius 1 is 1.45 bits per heavy atom. The Morgan fingerprint density at radius 3 is 2.64 bits per heavy atom. The summed E-state index contributed by atoms with van der Waals surface area (Å²) >= 11 is 0. The third-order valence-corrected chi connectivity index (χ3v) is 2.30. The average Bonchev–Trinajstić information content (AvgIpc) is 2.05. The van der Waals surface area contributed by atoms with E-state index in [1.165, 1.54) is 0 Å². The van der Waals surface area contributed by atoms with Crippen LogP contribution >= 0.6 is 0 Å². The van der Waals surface area contributed by atoms with Crippen LogP contribution in [0.1, 0.15) is 11.4 Å². The third-order valence-electron chi connectivity index (χ3n) is 1.48. The molecule has 0 aliphatic carbocycles. The van der Waals surface area contributed by atoms with Crippen molar-refractivity contribution in [1.82, 2.24) is 9.88 Å². The quantitative estimate of drug-likeness (QED) is 0.600. The van der Waals surface area contributed by atoms with Crippen molar-refractivity contribution >= 4 is 10.2 Å². The molecular weight excluding hydrogens is 152 g/mol. The van der Waals surface area contributed by atoms with Gasteiger partial charge in [-0.25, -0.2) is 0 Å². The number of nitrogens with zero attached hydrogens (tertiary/aromatic N) is 2. The summed E-state index contributed by atoms with van der Waals surface area (Å²) in [4.78, 5) is 6.26. The van der Waals surface area contributed by atoms with Crippen molar-refractivity contribution in [2.75, 3.05) is 14.1 Å². The molecule has 1 atom stereocenters. The minimum absolute atomic E-state index is 0.205. The first-order valence-electron chi connectivity index (χ1n) is 3.50. The number of rotatable bonds is 2. The van der Waals surface area contributed by atoms with Crippen LogP contribution in [0.4, 0.5) is 0 Å². The second-order valence-electron chi connectivity index (χ2n) is 2.62. The molecule has 0 spiro atoms. The Balaban J connectivity index is 2.77. The summed E-state index contributed by atoms with van der Waals surface area (Å²) in [5, 5.41) is 0. The average molecular weight is 163 g/mol. The first-order chi connectivity index (χ1) is 5.22. The van der Waals surface area contributed by atoms with Crippen molar-refractivity contribution in [1.29, 1.82) is 0 Å². The van der Waals surface area contributed by atoms with Gasteiger partial charge in [-0.05, 0) is 26.2 Å². The molecule has 57 valence electrons. The van der Waals surface area contributed by atoms with Gasteiger partial charge in [0, 0.05) is 11.9 Å². The van der Waals surface area contributed by atoms with Gasteiger partial charge in [0.05, 0.1) is 15.9 Å². The summed E-state index contributed by atoms with van der Waals surface area (Å²) in [5.74, 6) is 0. The van der Waals surface area contributed by atoms with Crippen LogP contribution in [-0.4, -0.2) is 34.2 Å². The Hall–Kier alpha value is -0.673. The van der Waals surface area contributed by atoms with Gasteiger partial charge in [0.25, 0.3) is 0 Å². The molecule has 1 heterocycles. The predicted octanol–water partition coefficient (Wildman–Crippen LogP) is 0.810. The third kappa shape index (κ3) is 2.13. The molecule has 3 heteroatoms. The second kappa shape index (κ2) is 3.64.